The predicted molar refractivity (Wildman–Crippen MR) is 57.3 cm³/mol. The average molecular weight is 244 g/mol. The van der Waals surface area contributed by atoms with Gasteiger partial charge < -0.3 is 9.84 Å². The van der Waals surface area contributed by atoms with Crippen LogP contribution in [0, 0.1) is 5.92 Å². The number of methoxy groups -OCH3 is 1. The van der Waals surface area contributed by atoms with Gasteiger partial charge in [-0.25, -0.2) is 4.79 Å². The molecule has 1 heterocycles. The number of rotatable bonds is 3. The van der Waals surface area contributed by atoms with Crippen LogP contribution in [0.1, 0.15) is 12.8 Å². The lowest BCUT2D eigenvalue weighted by Crippen LogP contribution is -2.45. The van der Waals surface area contributed by atoms with Crippen LogP contribution < -0.4 is 5.32 Å². The van der Waals surface area contributed by atoms with Gasteiger partial charge in [0, 0.05) is 6.54 Å². The summed E-state index contributed by atoms with van der Waals surface area (Å²) in [6.07, 6.45) is 0.564. The number of imide groups is 1. The molecule has 1 aliphatic rings. The van der Waals surface area contributed by atoms with Crippen LogP contribution in [-0.4, -0.2) is 54.7 Å². The van der Waals surface area contributed by atoms with Gasteiger partial charge >= 0.3 is 12.1 Å². The lowest BCUT2D eigenvalue weighted by Gasteiger charge is -2.29. The number of ether oxygens (including phenoxy) is 1. The van der Waals surface area contributed by atoms with Gasteiger partial charge in [-0.15, -0.1) is 0 Å². The summed E-state index contributed by atoms with van der Waals surface area (Å²) >= 11 is 0. The first-order valence-corrected chi connectivity index (χ1v) is 5.36. The first-order chi connectivity index (χ1) is 8.02. The Morgan fingerprint density at radius 3 is 2.76 bits per heavy atom. The fourth-order valence-corrected chi connectivity index (χ4v) is 1.81. The van der Waals surface area contributed by atoms with Crippen molar-refractivity contribution in [2.45, 2.75) is 12.8 Å². The number of nitrogens with one attached hydrogen (secondary N) is 1. The van der Waals surface area contributed by atoms with Gasteiger partial charge in [0.25, 0.3) is 0 Å². The summed E-state index contributed by atoms with van der Waals surface area (Å²) in [7, 11) is 1.17. The van der Waals surface area contributed by atoms with E-state index < -0.39 is 23.9 Å². The molecule has 1 atom stereocenters. The maximum Gasteiger partial charge on any atom is 0.413 e. The zero-order chi connectivity index (χ0) is 12.8. The lowest BCUT2D eigenvalue weighted by molar-refractivity contribution is -0.144. The average Bonchev–Trinajstić information content (AvgIpc) is 2.28. The minimum Gasteiger partial charge on any atom is -0.481 e. The van der Waals surface area contributed by atoms with Crippen molar-refractivity contribution in [1.29, 1.82) is 0 Å². The molecule has 0 radical (unpaired) electrons. The van der Waals surface area contributed by atoms with E-state index in [2.05, 4.69) is 4.74 Å². The summed E-state index contributed by atoms with van der Waals surface area (Å²) in [6, 6.07) is 0. The van der Waals surface area contributed by atoms with Crippen LogP contribution in [0.4, 0.5) is 4.79 Å². The van der Waals surface area contributed by atoms with Crippen LogP contribution in [-0.2, 0) is 14.3 Å². The fraction of sp³-hybridized carbons (Fsp3) is 0.700. The summed E-state index contributed by atoms with van der Waals surface area (Å²) in [6.45, 7) is 1.02. The van der Waals surface area contributed by atoms with Gasteiger partial charge in [-0.3, -0.25) is 19.8 Å². The highest BCUT2D eigenvalue weighted by Crippen LogP contribution is 2.15. The minimum atomic E-state index is -0.844. The number of likely N-dealkylation sites (tertiary alicyclic amines) is 1. The molecule has 7 heteroatoms. The van der Waals surface area contributed by atoms with Crippen LogP contribution in [0.3, 0.4) is 0 Å². The largest absolute Gasteiger partial charge is 0.481 e. The van der Waals surface area contributed by atoms with Crippen molar-refractivity contribution in [2.24, 2.45) is 5.92 Å². The van der Waals surface area contributed by atoms with E-state index in [1.54, 1.807) is 4.90 Å². The number of carboxylic acid groups (broad SMARTS) is 1. The molecule has 0 spiro atoms. The topological polar surface area (TPSA) is 95.9 Å². The number of carbonyl (C=O) groups is 3. The number of hydrogen-bond acceptors (Lipinski definition) is 5. The van der Waals surface area contributed by atoms with E-state index in [9.17, 15) is 14.4 Å². The van der Waals surface area contributed by atoms with Gasteiger partial charge in [0.2, 0.25) is 5.91 Å². The van der Waals surface area contributed by atoms with Crippen molar-refractivity contribution in [3.8, 4) is 0 Å². The normalized spacial score (nSPS) is 20.6. The van der Waals surface area contributed by atoms with Gasteiger partial charge in [-0.2, -0.15) is 0 Å². The third kappa shape index (κ3) is 4.39. The molecule has 2 N–H and O–H groups in total. The summed E-state index contributed by atoms with van der Waals surface area (Å²) in [4.78, 5) is 34.7. The number of piperidine rings is 1. The molecule has 1 fully saturated rings. The molecule has 1 saturated heterocycles. The third-order valence-corrected chi connectivity index (χ3v) is 2.65. The number of aliphatic carboxylic acids is 1. The van der Waals surface area contributed by atoms with Crippen LogP contribution >= 0.6 is 0 Å². The molecule has 2 amide bonds. The summed E-state index contributed by atoms with van der Waals surface area (Å²) in [5.41, 5.74) is 0. The van der Waals surface area contributed by atoms with Crippen LogP contribution in [0.15, 0.2) is 0 Å². The molecule has 1 unspecified atom stereocenters. The zero-order valence-electron chi connectivity index (χ0n) is 9.64. The molecule has 96 valence electrons. The molecule has 0 bridgehead atoms. The van der Waals surface area contributed by atoms with Crippen molar-refractivity contribution in [3.05, 3.63) is 0 Å². The second-order valence-electron chi connectivity index (χ2n) is 3.95. The summed E-state index contributed by atoms with van der Waals surface area (Å²) < 4.78 is 4.29. The molecular weight excluding hydrogens is 228 g/mol. The van der Waals surface area contributed by atoms with E-state index in [1.807, 2.05) is 5.32 Å². The number of alkyl carbamates (subject to hydrolysis) is 1. The second kappa shape index (κ2) is 6.19. The smallest absolute Gasteiger partial charge is 0.413 e. The van der Waals surface area contributed by atoms with Crippen molar-refractivity contribution >= 4 is 18.0 Å². The Balaban J connectivity index is 2.38. The van der Waals surface area contributed by atoms with Gasteiger partial charge in [0.1, 0.15) is 0 Å². The summed E-state index contributed by atoms with van der Waals surface area (Å²) in [5, 5.41) is 10.9. The molecular formula is C10H16N2O5. The second-order valence-corrected chi connectivity index (χ2v) is 3.95. The number of carboxylic acids is 1. The van der Waals surface area contributed by atoms with Crippen molar-refractivity contribution in [1.82, 2.24) is 10.2 Å². The van der Waals surface area contributed by atoms with Crippen LogP contribution in [0.25, 0.3) is 0 Å². The highest BCUT2D eigenvalue weighted by atomic mass is 16.5. The highest BCUT2D eigenvalue weighted by molar-refractivity contribution is 5.92. The first-order valence-electron chi connectivity index (χ1n) is 5.36. The van der Waals surface area contributed by atoms with Crippen molar-refractivity contribution in [3.63, 3.8) is 0 Å². The fourth-order valence-electron chi connectivity index (χ4n) is 1.81. The van der Waals surface area contributed by atoms with Crippen LogP contribution in [0.2, 0.25) is 0 Å². The van der Waals surface area contributed by atoms with Gasteiger partial charge in [-0.1, -0.05) is 0 Å². The maximum atomic E-state index is 11.4. The third-order valence-electron chi connectivity index (χ3n) is 2.65. The monoisotopic (exact) mass is 244 g/mol. The molecule has 0 saturated carbocycles. The SMILES string of the molecule is COC(=O)NC(=O)CN1CCCC(C(=O)O)C1. The van der Waals surface area contributed by atoms with E-state index in [0.29, 0.717) is 19.5 Å². The van der Waals surface area contributed by atoms with E-state index in [0.717, 1.165) is 6.42 Å². The molecule has 7 nitrogen and oxygen atoms in total. The highest BCUT2D eigenvalue weighted by Gasteiger charge is 2.26. The van der Waals surface area contributed by atoms with E-state index >= 15 is 0 Å². The Morgan fingerprint density at radius 1 is 1.47 bits per heavy atom. The molecule has 1 aliphatic heterocycles. The van der Waals surface area contributed by atoms with Crippen LogP contribution in [0.5, 0.6) is 0 Å². The van der Waals surface area contributed by atoms with Gasteiger partial charge in [-0.05, 0) is 19.4 Å². The van der Waals surface area contributed by atoms with E-state index in [4.69, 9.17) is 5.11 Å². The standard InChI is InChI=1S/C10H16N2O5/c1-17-10(16)11-8(13)6-12-4-2-3-7(5-12)9(14)15/h7H,2-6H2,1H3,(H,14,15)(H,11,13,16). The van der Waals surface area contributed by atoms with Gasteiger partial charge in [0.15, 0.2) is 0 Å². The molecule has 0 aromatic carbocycles. The van der Waals surface area contributed by atoms with E-state index in [-0.39, 0.29) is 6.54 Å². The Kier molecular flexibility index (Phi) is 4.89. The zero-order valence-corrected chi connectivity index (χ0v) is 9.64. The molecule has 1 rings (SSSR count). The Hall–Kier alpha value is -1.63. The minimum absolute atomic E-state index is 0.0128. The number of nitrogens with zero attached hydrogens (tertiary/aromatic N) is 1. The first kappa shape index (κ1) is 13.4. The molecule has 0 aromatic heterocycles. The van der Waals surface area contributed by atoms with Crippen molar-refractivity contribution in [2.75, 3.05) is 26.7 Å². The van der Waals surface area contributed by atoms with Crippen molar-refractivity contribution < 1.29 is 24.2 Å². The van der Waals surface area contributed by atoms with Gasteiger partial charge in [0.05, 0.1) is 19.6 Å². The predicted octanol–water partition coefficient (Wildman–Crippen LogP) is -0.334. The number of amides is 2. The van der Waals surface area contributed by atoms with E-state index in [1.165, 1.54) is 7.11 Å². The molecule has 0 aromatic rings. The maximum absolute atomic E-state index is 11.4. The Bertz CT molecular complexity index is 318. The Labute approximate surface area is 98.7 Å². The number of carbonyl (C=O) groups excluding carboxylic acids is 2. The lowest BCUT2D eigenvalue weighted by atomic mass is 9.98. The molecule has 0 aliphatic carbocycles. The quantitative estimate of drug-likeness (QED) is 0.705. The number of hydrogen-bond donors (Lipinski definition) is 2. The summed E-state index contributed by atoms with van der Waals surface area (Å²) in [5.74, 6) is -1.76. The Morgan fingerprint density at radius 2 is 2.18 bits per heavy atom. The molecule has 17 heavy (non-hydrogen) atoms.